The summed E-state index contributed by atoms with van der Waals surface area (Å²) in [6.07, 6.45) is 72.3. The highest BCUT2D eigenvalue weighted by Gasteiger charge is 2.20. The number of carbonyl (C=O) groups is 2. The fraction of sp³-hybridized carbons (Fsp3) is 0.938. The molecule has 1 amide bonds. The molecule has 0 saturated carbocycles. The molecule has 0 aliphatic rings. The second-order valence-electron chi connectivity index (χ2n) is 22.1. The molecule has 0 bridgehead atoms. The minimum atomic E-state index is -0.662. The molecule has 416 valence electrons. The van der Waals surface area contributed by atoms with Crippen LogP contribution in [0.25, 0.3) is 0 Å². The lowest BCUT2D eigenvalue weighted by atomic mass is 10.0. The smallest absolute Gasteiger partial charge is 0.305 e. The zero-order chi connectivity index (χ0) is 50.7. The number of aliphatic hydroxyl groups is 2. The number of esters is 1. The number of carbonyl (C=O) groups excluding carboxylic acids is 2. The molecular weight excluding hydrogens is 863 g/mol. The molecule has 3 N–H and O–H groups in total. The number of unbranched alkanes of at least 4 members (excludes halogenated alkanes) is 47. The first-order valence-electron chi connectivity index (χ1n) is 31.9. The lowest BCUT2D eigenvalue weighted by molar-refractivity contribution is -0.143. The molecule has 0 rings (SSSR count). The Kier molecular flexibility index (Phi) is 59.0. The summed E-state index contributed by atoms with van der Waals surface area (Å²) in [5.74, 6) is -0.0223. The Balaban J connectivity index is 3.35. The van der Waals surface area contributed by atoms with E-state index >= 15 is 0 Å². The van der Waals surface area contributed by atoms with Crippen molar-refractivity contribution in [3.8, 4) is 0 Å². The second kappa shape index (κ2) is 60.2. The van der Waals surface area contributed by atoms with Crippen molar-refractivity contribution >= 4 is 11.9 Å². The number of aliphatic hydroxyl groups excluding tert-OH is 2. The average Bonchev–Trinajstić information content (AvgIpc) is 3.36. The number of hydrogen-bond acceptors (Lipinski definition) is 5. The zero-order valence-corrected chi connectivity index (χ0v) is 47.5. The number of hydrogen-bond donors (Lipinski definition) is 3. The summed E-state index contributed by atoms with van der Waals surface area (Å²) >= 11 is 0. The van der Waals surface area contributed by atoms with E-state index in [9.17, 15) is 19.8 Å². The third kappa shape index (κ3) is 55.9. The Hall–Kier alpha value is -1.40. The third-order valence-electron chi connectivity index (χ3n) is 15.1. The highest BCUT2D eigenvalue weighted by molar-refractivity contribution is 5.76. The van der Waals surface area contributed by atoms with Crippen LogP contribution in [0.5, 0.6) is 0 Å². The van der Waals surface area contributed by atoms with Crippen LogP contribution in [0.1, 0.15) is 361 Å². The van der Waals surface area contributed by atoms with E-state index in [1.807, 2.05) is 0 Å². The van der Waals surface area contributed by atoms with E-state index < -0.39 is 12.1 Å². The van der Waals surface area contributed by atoms with Crippen LogP contribution in [-0.2, 0) is 14.3 Å². The molecule has 0 aromatic rings. The van der Waals surface area contributed by atoms with Crippen LogP contribution >= 0.6 is 0 Å². The molecule has 0 spiro atoms. The fourth-order valence-electron chi connectivity index (χ4n) is 10.2. The normalized spacial score (nSPS) is 12.6. The lowest BCUT2D eigenvalue weighted by Gasteiger charge is -2.22. The lowest BCUT2D eigenvalue weighted by Crippen LogP contribution is -2.45. The van der Waals surface area contributed by atoms with E-state index in [1.54, 1.807) is 0 Å². The predicted molar refractivity (Wildman–Crippen MR) is 306 cm³/mol. The van der Waals surface area contributed by atoms with Gasteiger partial charge in [-0.05, 0) is 51.4 Å². The average molecular weight is 989 g/mol. The van der Waals surface area contributed by atoms with Crippen LogP contribution in [0, 0.1) is 0 Å². The van der Waals surface area contributed by atoms with Crippen molar-refractivity contribution in [1.82, 2.24) is 5.32 Å². The Morgan fingerprint density at radius 3 is 1.04 bits per heavy atom. The van der Waals surface area contributed by atoms with Crippen LogP contribution in [0.15, 0.2) is 12.2 Å². The van der Waals surface area contributed by atoms with Crippen molar-refractivity contribution in [2.75, 3.05) is 13.2 Å². The highest BCUT2D eigenvalue weighted by Crippen LogP contribution is 2.18. The SMILES string of the molecule is CCCCC/C=C\CCCCCCCC(=O)OCCCCCCCCCCCCCCCCCCCCCCCCCCCCC(=O)NC(CO)C(O)CCCCCCCCCCCCCCCCC. The first-order valence-corrected chi connectivity index (χ1v) is 31.9. The van der Waals surface area contributed by atoms with Crippen molar-refractivity contribution in [2.45, 2.75) is 373 Å². The Morgan fingerprint density at radius 1 is 0.386 bits per heavy atom. The van der Waals surface area contributed by atoms with Gasteiger partial charge in [0.2, 0.25) is 5.91 Å². The van der Waals surface area contributed by atoms with Gasteiger partial charge < -0.3 is 20.3 Å². The standard InChI is InChI=1S/C64H125NO5/c1-3-5-7-9-11-13-15-17-30-33-36-40-44-48-52-56-62(67)61(60-66)65-63(68)57-53-49-45-41-37-34-31-28-26-24-22-20-18-19-21-23-25-27-29-32-35-39-43-47-51-55-59-70-64(69)58-54-50-46-42-38-16-14-12-10-8-6-4-2/h12,14,61-62,66-67H,3-11,13,15-60H2,1-2H3,(H,65,68)/b14-12-. The summed E-state index contributed by atoms with van der Waals surface area (Å²) in [6.45, 7) is 4.95. The quantitative estimate of drug-likeness (QED) is 0.0321. The molecule has 0 aliphatic carbocycles. The first-order chi connectivity index (χ1) is 34.5. The molecule has 0 saturated heterocycles. The van der Waals surface area contributed by atoms with E-state index in [1.165, 1.54) is 283 Å². The molecule has 0 fully saturated rings. The van der Waals surface area contributed by atoms with E-state index in [0.29, 0.717) is 25.9 Å². The maximum absolute atomic E-state index is 12.5. The van der Waals surface area contributed by atoms with Crippen LogP contribution in [-0.4, -0.2) is 47.4 Å². The maximum Gasteiger partial charge on any atom is 0.305 e. The molecule has 2 atom stereocenters. The number of rotatable bonds is 60. The van der Waals surface area contributed by atoms with Gasteiger partial charge in [0.25, 0.3) is 0 Å². The zero-order valence-electron chi connectivity index (χ0n) is 47.5. The van der Waals surface area contributed by atoms with Crippen LogP contribution < -0.4 is 5.32 Å². The molecule has 2 unspecified atom stereocenters. The second-order valence-corrected chi connectivity index (χ2v) is 22.1. The third-order valence-corrected chi connectivity index (χ3v) is 15.1. The molecule has 0 aliphatic heterocycles. The van der Waals surface area contributed by atoms with E-state index in [0.717, 1.165) is 44.9 Å². The van der Waals surface area contributed by atoms with Gasteiger partial charge in [0.05, 0.1) is 25.4 Å². The van der Waals surface area contributed by atoms with Crippen LogP contribution in [0.3, 0.4) is 0 Å². The van der Waals surface area contributed by atoms with Crippen molar-refractivity contribution in [1.29, 1.82) is 0 Å². The van der Waals surface area contributed by atoms with E-state index in [4.69, 9.17) is 4.74 Å². The maximum atomic E-state index is 12.5. The summed E-state index contributed by atoms with van der Waals surface area (Å²) in [5.41, 5.74) is 0. The van der Waals surface area contributed by atoms with Crippen molar-refractivity contribution in [2.24, 2.45) is 0 Å². The summed E-state index contributed by atoms with van der Waals surface area (Å²) in [4.78, 5) is 24.5. The molecule has 6 nitrogen and oxygen atoms in total. The summed E-state index contributed by atoms with van der Waals surface area (Å²) in [6, 6.07) is -0.539. The summed E-state index contributed by atoms with van der Waals surface area (Å²) < 4.78 is 5.47. The molecule has 0 radical (unpaired) electrons. The minimum Gasteiger partial charge on any atom is -0.466 e. The monoisotopic (exact) mass is 988 g/mol. The number of amides is 1. The van der Waals surface area contributed by atoms with Crippen molar-refractivity contribution in [3.05, 3.63) is 12.2 Å². The Bertz CT molecular complexity index is 1050. The molecule has 0 aromatic carbocycles. The summed E-state index contributed by atoms with van der Waals surface area (Å²) in [5, 5.41) is 23.3. The first kappa shape index (κ1) is 68.6. The molecule has 0 heterocycles. The van der Waals surface area contributed by atoms with Crippen LogP contribution in [0.4, 0.5) is 0 Å². The Morgan fingerprint density at radius 2 is 0.671 bits per heavy atom. The molecular formula is C64H125NO5. The van der Waals surface area contributed by atoms with Crippen molar-refractivity contribution in [3.63, 3.8) is 0 Å². The van der Waals surface area contributed by atoms with E-state index in [-0.39, 0.29) is 18.5 Å². The molecule has 6 heteroatoms. The van der Waals surface area contributed by atoms with Gasteiger partial charge in [-0.25, -0.2) is 0 Å². The molecule has 0 aromatic heterocycles. The largest absolute Gasteiger partial charge is 0.466 e. The van der Waals surface area contributed by atoms with Crippen LogP contribution in [0.2, 0.25) is 0 Å². The summed E-state index contributed by atoms with van der Waals surface area (Å²) in [7, 11) is 0. The van der Waals surface area contributed by atoms with Gasteiger partial charge in [0, 0.05) is 12.8 Å². The highest BCUT2D eigenvalue weighted by atomic mass is 16.5. The number of ether oxygens (including phenoxy) is 1. The van der Waals surface area contributed by atoms with E-state index in [2.05, 4.69) is 31.3 Å². The Labute approximate surface area is 438 Å². The van der Waals surface area contributed by atoms with Gasteiger partial charge in [-0.3, -0.25) is 9.59 Å². The van der Waals surface area contributed by atoms with Gasteiger partial charge in [-0.15, -0.1) is 0 Å². The van der Waals surface area contributed by atoms with Gasteiger partial charge in [0.1, 0.15) is 0 Å². The van der Waals surface area contributed by atoms with Gasteiger partial charge >= 0.3 is 5.97 Å². The predicted octanol–water partition coefficient (Wildman–Crippen LogP) is 20.0. The minimum absolute atomic E-state index is 0.00775. The molecule has 70 heavy (non-hydrogen) atoms. The fourth-order valence-corrected chi connectivity index (χ4v) is 10.2. The number of nitrogens with one attached hydrogen (secondary N) is 1. The van der Waals surface area contributed by atoms with Gasteiger partial charge in [-0.2, -0.15) is 0 Å². The number of allylic oxidation sites excluding steroid dienone is 2. The van der Waals surface area contributed by atoms with Gasteiger partial charge in [0.15, 0.2) is 0 Å². The topological polar surface area (TPSA) is 95.9 Å². The van der Waals surface area contributed by atoms with Gasteiger partial charge in [-0.1, -0.05) is 309 Å². The van der Waals surface area contributed by atoms with Crippen molar-refractivity contribution < 1.29 is 24.5 Å².